The fourth-order valence-electron chi connectivity index (χ4n) is 2.26. The molecule has 0 saturated carbocycles. The zero-order valence-corrected chi connectivity index (χ0v) is 15.1. The third kappa shape index (κ3) is 3.88. The van der Waals surface area contributed by atoms with Gasteiger partial charge in [0, 0.05) is 28.0 Å². The number of thiazole rings is 1. The topological polar surface area (TPSA) is 52.3 Å². The lowest BCUT2D eigenvalue weighted by Gasteiger charge is -2.09. The van der Waals surface area contributed by atoms with Crippen LogP contribution < -0.4 is 4.74 Å². The molecule has 0 aliphatic carbocycles. The highest BCUT2D eigenvalue weighted by atomic mass is 32.2. The summed E-state index contributed by atoms with van der Waals surface area (Å²) in [4.78, 5) is 16.1. The van der Waals surface area contributed by atoms with Gasteiger partial charge in [-0.15, -0.1) is 11.3 Å². The molecule has 124 valence electrons. The van der Waals surface area contributed by atoms with Crippen molar-refractivity contribution in [2.45, 2.75) is 18.4 Å². The smallest absolute Gasteiger partial charge is 0.162 e. The standard InChI is InChI=1S/C18H17NO3S2/c1-12(20)13-5-6-16(21-2)14(8-13)9-23-10-15-11-24-18(19-15)17-4-3-7-22-17/h3-8,11H,9-10H2,1-2H3. The largest absolute Gasteiger partial charge is 0.496 e. The van der Waals surface area contributed by atoms with E-state index in [1.165, 1.54) is 0 Å². The van der Waals surface area contributed by atoms with Crippen molar-refractivity contribution in [1.82, 2.24) is 4.98 Å². The zero-order valence-electron chi connectivity index (χ0n) is 13.4. The first-order chi connectivity index (χ1) is 11.7. The molecule has 0 fully saturated rings. The summed E-state index contributed by atoms with van der Waals surface area (Å²) < 4.78 is 10.8. The molecule has 0 spiro atoms. The normalized spacial score (nSPS) is 10.8. The molecule has 0 radical (unpaired) electrons. The number of carbonyl (C=O) groups is 1. The molecule has 0 amide bonds. The first kappa shape index (κ1) is 16.8. The number of carbonyl (C=O) groups excluding carboxylic acids is 1. The molecule has 2 heterocycles. The third-order valence-corrected chi connectivity index (χ3v) is 5.40. The maximum absolute atomic E-state index is 11.5. The van der Waals surface area contributed by atoms with Crippen LogP contribution in [0.4, 0.5) is 0 Å². The van der Waals surface area contributed by atoms with Gasteiger partial charge in [-0.3, -0.25) is 4.79 Å². The van der Waals surface area contributed by atoms with Crippen molar-refractivity contribution >= 4 is 28.9 Å². The monoisotopic (exact) mass is 359 g/mol. The Labute approximate surface area is 148 Å². The van der Waals surface area contributed by atoms with E-state index in [1.807, 2.05) is 29.6 Å². The van der Waals surface area contributed by atoms with E-state index >= 15 is 0 Å². The molecule has 3 rings (SSSR count). The number of aromatic nitrogens is 1. The van der Waals surface area contributed by atoms with Gasteiger partial charge in [0.25, 0.3) is 0 Å². The molecule has 6 heteroatoms. The van der Waals surface area contributed by atoms with Crippen molar-refractivity contribution in [1.29, 1.82) is 0 Å². The van der Waals surface area contributed by atoms with Gasteiger partial charge in [0.1, 0.15) is 5.75 Å². The van der Waals surface area contributed by atoms with E-state index in [0.717, 1.165) is 39.3 Å². The lowest BCUT2D eigenvalue weighted by atomic mass is 10.1. The fourth-order valence-corrected chi connectivity index (χ4v) is 4.06. The Kier molecular flexibility index (Phi) is 5.37. The van der Waals surface area contributed by atoms with Gasteiger partial charge in [0.05, 0.1) is 19.1 Å². The number of thioether (sulfide) groups is 1. The number of benzene rings is 1. The predicted octanol–water partition coefficient (Wildman–Crippen LogP) is 5.05. The van der Waals surface area contributed by atoms with Crippen molar-refractivity contribution in [3.05, 3.63) is 58.8 Å². The van der Waals surface area contributed by atoms with E-state index in [0.29, 0.717) is 5.56 Å². The number of rotatable bonds is 7. The SMILES string of the molecule is COc1ccc(C(C)=O)cc1CSCc1csc(-c2ccco2)n1. The lowest BCUT2D eigenvalue weighted by molar-refractivity contribution is 0.101. The second-order valence-electron chi connectivity index (χ2n) is 5.20. The molecule has 2 aromatic heterocycles. The Morgan fingerprint density at radius 1 is 1.33 bits per heavy atom. The summed E-state index contributed by atoms with van der Waals surface area (Å²) in [6.45, 7) is 1.57. The van der Waals surface area contributed by atoms with E-state index in [9.17, 15) is 4.79 Å². The van der Waals surface area contributed by atoms with Crippen LogP contribution in [0.3, 0.4) is 0 Å². The number of Topliss-reactive ketones (excluding diaryl/α,β-unsaturated/α-hetero) is 1. The van der Waals surface area contributed by atoms with Crippen molar-refractivity contribution in [2.75, 3.05) is 7.11 Å². The number of ketones is 1. The molecule has 0 aliphatic heterocycles. The van der Waals surface area contributed by atoms with Crippen molar-refractivity contribution < 1.29 is 13.9 Å². The maximum Gasteiger partial charge on any atom is 0.162 e. The second kappa shape index (κ2) is 7.68. The van der Waals surface area contributed by atoms with Crippen LogP contribution in [0.25, 0.3) is 10.8 Å². The maximum atomic E-state index is 11.5. The third-order valence-electron chi connectivity index (χ3n) is 3.48. The second-order valence-corrected chi connectivity index (χ2v) is 7.04. The highest BCUT2D eigenvalue weighted by Gasteiger charge is 2.10. The number of nitrogens with zero attached hydrogens (tertiary/aromatic N) is 1. The molecule has 0 atom stereocenters. The first-order valence-electron chi connectivity index (χ1n) is 7.41. The summed E-state index contributed by atoms with van der Waals surface area (Å²) in [5.41, 5.74) is 2.76. The minimum atomic E-state index is 0.0616. The summed E-state index contributed by atoms with van der Waals surface area (Å²) in [7, 11) is 1.65. The highest BCUT2D eigenvalue weighted by molar-refractivity contribution is 7.97. The summed E-state index contributed by atoms with van der Waals surface area (Å²) in [6.07, 6.45) is 1.65. The number of hydrogen-bond donors (Lipinski definition) is 0. The number of ether oxygens (including phenoxy) is 1. The van der Waals surface area contributed by atoms with Crippen LogP contribution in [0, 0.1) is 0 Å². The molecular weight excluding hydrogens is 342 g/mol. The molecule has 0 bridgehead atoms. The predicted molar refractivity (Wildman–Crippen MR) is 97.8 cm³/mol. The molecular formula is C18H17NO3S2. The van der Waals surface area contributed by atoms with Crippen LogP contribution in [0.5, 0.6) is 5.75 Å². The molecule has 0 N–H and O–H groups in total. The van der Waals surface area contributed by atoms with E-state index < -0.39 is 0 Å². The Morgan fingerprint density at radius 2 is 2.21 bits per heavy atom. The summed E-state index contributed by atoms with van der Waals surface area (Å²) in [5, 5.41) is 2.94. The van der Waals surface area contributed by atoms with Gasteiger partial charge in [-0.2, -0.15) is 11.8 Å². The lowest BCUT2D eigenvalue weighted by Crippen LogP contribution is -1.97. The average molecular weight is 359 g/mol. The summed E-state index contributed by atoms with van der Waals surface area (Å²) >= 11 is 3.32. The Bertz CT molecular complexity index is 825. The van der Waals surface area contributed by atoms with Crippen LogP contribution in [-0.4, -0.2) is 17.9 Å². The van der Waals surface area contributed by atoms with Crippen LogP contribution in [-0.2, 0) is 11.5 Å². The minimum absolute atomic E-state index is 0.0616. The molecule has 4 nitrogen and oxygen atoms in total. The molecule has 0 unspecified atom stereocenters. The zero-order chi connectivity index (χ0) is 16.9. The summed E-state index contributed by atoms with van der Waals surface area (Å²) in [5.74, 6) is 3.23. The van der Waals surface area contributed by atoms with Gasteiger partial charge in [-0.1, -0.05) is 0 Å². The number of hydrogen-bond acceptors (Lipinski definition) is 6. The van der Waals surface area contributed by atoms with Gasteiger partial charge >= 0.3 is 0 Å². The average Bonchev–Trinajstić information content (AvgIpc) is 3.26. The van der Waals surface area contributed by atoms with Gasteiger partial charge in [-0.25, -0.2) is 4.98 Å². The van der Waals surface area contributed by atoms with E-state index in [2.05, 4.69) is 4.98 Å². The van der Waals surface area contributed by atoms with Crippen molar-refractivity contribution in [2.24, 2.45) is 0 Å². The van der Waals surface area contributed by atoms with Crippen LogP contribution in [0.15, 0.2) is 46.4 Å². The van der Waals surface area contributed by atoms with Crippen molar-refractivity contribution in [3.63, 3.8) is 0 Å². The number of furan rings is 1. The molecule has 24 heavy (non-hydrogen) atoms. The first-order valence-corrected chi connectivity index (χ1v) is 9.44. The van der Waals surface area contributed by atoms with E-state index in [1.54, 1.807) is 49.5 Å². The molecule has 0 aliphatic rings. The Balaban J connectivity index is 1.64. The summed E-state index contributed by atoms with van der Waals surface area (Å²) in [6, 6.07) is 9.33. The van der Waals surface area contributed by atoms with Crippen LogP contribution in [0.1, 0.15) is 28.5 Å². The molecule has 3 aromatic rings. The van der Waals surface area contributed by atoms with Gasteiger partial charge < -0.3 is 9.15 Å². The van der Waals surface area contributed by atoms with Gasteiger partial charge in [0.15, 0.2) is 16.6 Å². The highest BCUT2D eigenvalue weighted by Crippen LogP contribution is 2.29. The fraction of sp³-hybridized carbons (Fsp3) is 0.222. The molecule has 0 saturated heterocycles. The van der Waals surface area contributed by atoms with Crippen LogP contribution >= 0.6 is 23.1 Å². The Morgan fingerprint density at radius 3 is 2.92 bits per heavy atom. The van der Waals surface area contributed by atoms with Crippen LogP contribution in [0.2, 0.25) is 0 Å². The van der Waals surface area contributed by atoms with Crippen molar-refractivity contribution in [3.8, 4) is 16.5 Å². The quantitative estimate of drug-likeness (QED) is 0.553. The Hall–Kier alpha value is -2.05. The van der Waals surface area contributed by atoms with E-state index in [4.69, 9.17) is 9.15 Å². The van der Waals surface area contributed by atoms with Gasteiger partial charge in [0.2, 0.25) is 0 Å². The minimum Gasteiger partial charge on any atom is -0.496 e. The van der Waals surface area contributed by atoms with E-state index in [-0.39, 0.29) is 5.78 Å². The van der Waals surface area contributed by atoms with Gasteiger partial charge in [-0.05, 0) is 37.3 Å². The number of methoxy groups -OCH3 is 1. The molecule has 1 aromatic carbocycles.